The van der Waals surface area contributed by atoms with Crippen LogP contribution in [0.5, 0.6) is 0 Å². The zero-order valence-corrected chi connectivity index (χ0v) is 8.38. The Morgan fingerprint density at radius 3 is 2.42 bits per heavy atom. The minimum atomic E-state index is 0.170. The Labute approximate surface area is 75.2 Å². The van der Waals surface area contributed by atoms with Crippen molar-refractivity contribution in [3.63, 3.8) is 0 Å². The molecule has 3 nitrogen and oxygen atoms in total. The van der Waals surface area contributed by atoms with E-state index in [9.17, 15) is 0 Å². The second-order valence-corrected chi connectivity index (χ2v) is 3.16. The second-order valence-electron chi connectivity index (χ2n) is 3.16. The summed E-state index contributed by atoms with van der Waals surface area (Å²) in [7, 11) is 0. The molecule has 2 N–H and O–H groups in total. The van der Waals surface area contributed by atoms with E-state index < -0.39 is 0 Å². The van der Waals surface area contributed by atoms with Crippen molar-refractivity contribution in [3.05, 3.63) is 0 Å². The first-order valence-corrected chi connectivity index (χ1v) is 4.61. The van der Waals surface area contributed by atoms with Crippen LogP contribution in [0, 0.1) is 0 Å². The molecule has 0 aromatic heterocycles. The molecular weight excluding hydrogens is 154 g/mol. The minimum absolute atomic E-state index is 0.170. The molecule has 0 rings (SSSR count). The first-order chi connectivity index (χ1) is 5.66. The van der Waals surface area contributed by atoms with Crippen LogP contribution in [0.3, 0.4) is 0 Å². The number of hydrogen-bond donors (Lipinski definition) is 1. The fourth-order valence-electron chi connectivity index (χ4n) is 0.695. The summed E-state index contributed by atoms with van der Waals surface area (Å²) >= 11 is 0. The molecule has 0 amide bonds. The molecule has 0 fully saturated rings. The summed E-state index contributed by atoms with van der Waals surface area (Å²) in [5, 5.41) is 0. The summed E-state index contributed by atoms with van der Waals surface area (Å²) in [5.74, 6) is 0. The molecule has 0 radical (unpaired) electrons. The minimum Gasteiger partial charge on any atom is -0.377 e. The first kappa shape index (κ1) is 11.9. The predicted molar refractivity (Wildman–Crippen MR) is 50.2 cm³/mol. The fraction of sp³-hybridized carbons (Fsp3) is 1.00. The van der Waals surface area contributed by atoms with Crippen LogP contribution in [0.25, 0.3) is 0 Å². The van der Waals surface area contributed by atoms with Gasteiger partial charge in [0.1, 0.15) is 0 Å². The van der Waals surface area contributed by atoms with Crippen LogP contribution >= 0.6 is 0 Å². The van der Waals surface area contributed by atoms with Gasteiger partial charge >= 0.3 is 0 Å². The van der Waals surface area contributed by atoms with Crippen molar-refractivity contribution >= 4 is 0 Å². The Bertz CT molecular complexity index is 96.5. The maximum absolute atomic E-state index is 5.65. The van der Waals surface area contributed by atoms with Crippen molar-refractivity contribution in [2.75, 3.05) is 19.8 Å². The van der Waals surface area contributed by atoms with Crippen LogP contribution in [-0.2, 0) is 9.47 Å². The second kappa shape index (κ2) is 7.53. The highest BCUT2D eigenvalue weighted by molar-refractivity contribution is 4.54. The van der Waals surface area contributed by atoms with Crippen LogP contribution in [0.1, 0.15) is 27.2 Å². The van der Waals surface area contributed by atoms with E-state index in [0.717, 1.165) is 6.42 Å². The molecule has 0 aromatic rings. The number of ether oxygens (including phenoxy) is 2. The normalized spacial score (nSPS) is 13.8. The van der Waals surface area contributed by atoms with Crippen molar-refractivity contribution in [2.45, 2.75) is 39.3 Å². The van der Waals surface area contributed by atoms with Crippen LogP contribution in [0.4, 0.5) is 0 Å². The van der Waals surface area contributed by atoms with Gasteiger partial charge in [-0.15, -0.1) is 0 Å². The van der Waals surface area contributed by atoms with Crippen molar-refractivity contribution in [1.29, 1.82) is 0 Å². The number of nitrogens with two attached hydrogens (primary N) is 1. The van der Waals surface area contributed by atoms with Crippen LogP contribution < -0.4 is 5.73 Å². The maximum atomic E-state index is 5.65. The zero-order valence-electron chi connectivity index (χ0n) is 8.38. The Balaban J connectivity index is 3.00. The van der Waals surface area contributed by atoms with E-state index in [1.54, 1.807) is 0 Å². The molecule has 3 heteroatoms. The molecule has 0 spiro atoms. The molecular formula is C9H21NO2. The molecule has 0 saturated carbocycles. The standard InChI is InChI=1S/C9H21NO2/c1-4-9(10)7-11-5-6-12-8(2)3/h8-9H,4-7,10H2,1-3H3. The Morgan fingerprint density at radius 1 is 1.25 bits per heavy atom. The molecule has 0 aliphatic rings. The molecule has 12 heavy (non-hydrogen) atoms. The molecule has 1 unspecified atom stereocenters. The Kier molecular flexibility index (Phi) is 7.45. The third-order valence-corrected chi connectivity index (χ3v) is 1.54. The van der Waals surface area contributed by atoms with Gasteiger partial charge in [0, 0.05) is 6.04 Å². The van der Waals surface area contributed by atoms with Crippen molar-refractivity contribution in [1.82, 2.24) is 0 Å². The van der Waals surface area contributed by atoms with E-state index in [1.807, 2.05) is 13.8 Å². The molecule has 0 bridgehead atoms. The predicted octanol–water partition coefficient (Wildman–Crippen LogP) is 1.17. The fourth-order valence-corrected chi connectivity index (χ4v) is 0.695. The number of hydrogen-bond acceptors (Lipinski definition) is 3. The van der Waals surface area contributed by atoms with Crippen LogP contribution in [0.2, 0.25) is 0 Å². The Hall–Kier alpha value is -0.120. The van der Waals surface area contributed by atoms with Crippen molar-refractivity contribution in [2.24, 2.45) is 5.73 Å². The van der Waals surface area contributed by atoms with E-state index >= 15 is 0 Å². The zero-order chi connectivity index (χ0) is 9.40. The van der Waals surface area contributed by atoms with Gasteiger partial charge in [-0.3, -0.25) is 0 Å². The molecule has 0 aliphatic heterocycles. The van der Waals surface area contributed by atoms with Gasteiger partial charge in [-0.25, -0.2) is 0 Å². The average Bonchev–Trinajstić information content (AvgIpc) is 2.03. The molecule has 1 atom stereocenters. The largest absolute Gasteiger partial charge is 0.377 e. The van der Waals surface area contributed by atoms with Gasteiger partial charge in [0.2, 0.25) is 0 Å². The van der Waals surface area contributed by atoms with Crippen LogP contribution in [-0.4, -0.2) is 32.0 Å². The lowest BCUT2D eigenvalue weighted by Crippen LogP contribution is -2.26. The Morgan fingerprint density at radius 2 is 1.92 bits per heavy atom. The van der Waals surface area contributed by atoms with Gasteiger partial charge < -0.3 is 15.2 Å². The monoisotopic (exact) mass is 175 g/mol. The summed E-state index contributed by atoms with van der Waals surface area (Å²) in [4.78, 5) is 0. The van der Waals surface area contributed by atoms with Gasteiger partial charge in [0.15, 0.2) is 0 Å². The summed E-state index contributed by atoms with van der Waals surface area (Å²) in [6.45, 7) is 8.02. The quantitative estimate of drug-likeness (QED) is 0.591. The average molecular weight is 175 g/mol. The van der Waals surface area contributed by atoms with Crippen molar-refractivity contribution in [3.8, 4) is 0 Å². The number of rotatable bonds is 7. The van der Waals surface area contributed by atoms with E-state index in [-0.39, 0.29) is 12.1 Å². The van der Waals surface area contributed by atoms with E-state index in [0.29, 0.717) is 19.8 Å². The van der Waals surface area contributed by atoms with Gasteiger partial charge in [0.05, 0.1) is 25.9 Å². The third-order valence-electron chi connectivity index (χ3n) is 1.54. The summed E-state index contributed by atoms with van der Waals surface area (Å²) in [5.41, 5.74) is 5.65. The summed E-state index contributed by atoms with van der Waals surface area (Å²) < 4.78 is 10.6. The summed E-state index contributed by atoms with van der Waals surface area (Å²) in [6.07, 6.45) is 1.25. The van der Waals surface area contributed by atoms with E-state index in [1.165, 1.54) is 0 Å². The molecule has 0 aromatic carbocycles. The van der Waals surface area contributed by atoms with Gasteiger partial charge in [-0.1, -0.05) is 6.92 Å². The van der Waals surface area contributed by atoms with E-state index in [4.69, 9.17) is 15.2 Å². The topological polar surface area (TPSA) is 44.5 Å². The molecule has 0 aliphatic carbocycles. The molecule has 74 valence electrons. The highest BCUT2D eigenvalue weighted by atomic mass is 16.5. The van der Waals surface area contributed by atoms with Crippen LogP contribution in [0.15, 0.2) is 0 Å². The van der Waals surface area contributed by atoms with Gasteiger partial charge in [0.25, 0.3) is 0 Å². The lowest BCUT2D eigenvalue weighted by Gasteiger charge is -2.10. The summed E-state index contributed by atoms with van der Waals surface area (Å²) in [6, 6.07) is 0.170. The maximum Gasteiger partial charge on any atom is 0.0703 e. The smallest absolute Gasteiger partial charge is 0.0703 e. The third kappa shape index (κ3) is 7.98. The molecule has 0 saturated heterocycles. The van der Waals surface area contributed by atoms with E-state index in [2.05, 4.69) is 6.92 Å². The van der Waals surface area contributed by atoms with Gasteiger partial charge in [-0.2, -0.15) is 0 Å². The highest BCUT2D eigenvalue weighted by Gasteiger charge is 1.98. The van der Waals surface area contributed by atoms with Crippen molar-refractivity contribution < 1.29 is 9.47 Å². The first-order valence-electron chi connectivity index (χ1n) is 4.61. The molecule has 0 heterocycles. The lowest BCUT2D eigenvalue weighted by molar-refractivity contribution is 0.0160. The van der Waals surface area contributed by atoms with Gasteiger partial charge in [-0.05, 0) is 20.3 Å². The highest BCUT2D eigenvalue weighted by Crippen LogP contribution is 1.90. The SMILES string of the molecule is CCC(N)COCCOC(C)C. The lowest BCUT2D eigenvalue weighted by atomic mass is 10.3.